The highest BCUT2D eigenvalue weighted by Gasteiger charge is 2.33. The monoisotopic (exact) mass is 241 g/mol. The SMILES string of the molecule is CCC(CC)(CN)c1nc(CC(C)OC)no1. The molecule has 5 nitrogen and oxygen atoms in total. The molecule has 0 saturated carbocycles. The van der Waals surface area contributed by atoms with E-state index in [1.54, 1.807) is 7.11 Å². The molecule has 0 spiro atoms. The minimum atomic E-state index is -0.179. The molecule has 5 heteroatoms. The van der Waals surface area contributed by atoms with Crippen molar-refractivity contribution in [3.05, 3.63) is 11.7 Å². The average Bonchev–Trinajstić information content (AvgIpc) is 2.81. The van der Waals surface area contributed by atoms with Gasteiger partial charge in [0.15, 0.2) is 5.82 Å². The minimum Gasteiger partial charge on any atom is -0.381 e. The summed E-state index contributed by atoms with van der Waals surface area (Å²) in [6.07, 6.45) is 2.56. The lowest BCUT2D eigenvalue weighted by molar-refractivity contribution is 0.116. The van der Waals surface area contributed by atoms with E-state index < -0.39 is 0 Å². The summed E-state index contributed by atoms with van der Waals surface area (Å²) in [5, 5.41) is 3.99. The van der Waals surface area contributed by atoms with Crippen molar-refractivity contribution < 1.29 is 9.26 Å². The molecule has 1 heterocycles. The van der Waals surface area contributed by atoms with E-state index in [4.69, 9.17) is 15.0 Å². The molecular weight excluding hydrogens is 218 g/mol. The molecule has 0 fully saturated rings. The predicted octanol–water partition coefficient (Wildman–Crippen LogP) is 1.66. The van der Waals surface area contributed by atoms with Gasteiger partial charge in [0.05, 0.1) is 11.5 Å². The summed E-state index contributed by atoms with van der Waals surface area (Å²) in [4.78, 5) is 4.45. The molecular formula is C12H23N3O2. The molecule has 1 aromatic rings. The second kappa shape index (κ2) is 6.12. The zero-order valence-corrected chi connectivity index (χ0v) is 11.2. The van der Waals surface area contributed by atoms with Crippen molar-refractivity contribution >= 4 is 0 Å². The molecule has 0 aromatic carbocycles. The molecule has 1 aromatic heterocycles. The van der Waals surface area contributed by atoms with E-state index in [1.165, 1.54) is 0 Å². The first-order valence-corrected chi connectivity index (χ1v) is 6.17. The molecule has 98 valence electrons. The average molecular weight is 241 g/mol. The van der Waals surface area contributed by atoms with Gasteiger partial charge < -0.3 is 15.0 Å². The van der Waals surface area contributed by atoms with E-state index in [-0.39, 0.29) is 11.5 Å². The third-order valence-corrected chi connectivity index (χ3v) is 3.54. The lowest BCUT2D eigenvalue weighted by Crippen LogP contribution is -2.34. The van der Waals surface area contributed by atoms with Crippen LogP contribution in [0.25, 0.3) is 0 Å². The topological polar surface area (TPSA) is 74.2 Å². The quantitative estimate of drug-likeness (QED) is 0.786. The largest absolute Gasteiger partial charge is 0.381 e. The Bertz CT molecular complexity index is 326. The molecule has 17 heavy (non-hydrogen) atoms. The summed E-state index contributed by atoms with van der Waals surface area (Å²) < 4.78 is 10.5. The van der Waals surface area contributed by atoms with Crippen LogP contribution in [0, 0.1) is 0 Å². The van der Waals surface area contributed by atoms with Gasteiger partial charge in [-0.05, 0) is 19.8 Å². The normalized spacial score (nSPS) is 13.9. The highest BCUT2D eigenvalue weighted by atomic mass is 16.5. The molecule has 0 aliphatic carbocycles. The maximum absolute atomic E-state index is 5.85. The fraction of sp³-hybridized carbons (Fsp3) is 0.833. The Balaban J connectivity index is 2.85. The van der Waals surface area contributed by atoms with E-state index in [1.807, 2.05) is 6.92 Å². The number of methoxy groups -OCH3 is 1. The summed E-state index contributed by atoms with van der Waals surface area (Å²) in [5.74, 6) is 1.34. The van der Waals surface area contributed by atoms with Gasteiger partial charge in [-0.25, -0.2) is 0 Å². The van der Waals surface area contributed by atoms with Gasteiger partial charge in [0.1, 0.15) is 0 Å². The van der Waals surface area contributed by atoms with Gasteiger partial charge in [-0.3, -0.25) is 0 Å². The van der Waals surface area contributed by atoms with E-state index >= 15 is 0 Å². The molecule has 0 bridgehead atoms. The van der Waals surface area contributed by atoms with Crippen LogP contribution in [0.1, 0.15) is 45.3 Å². The highest BCUT2D eigenvalue weighted by molar-refractivity contribution is 5.05. The fourth-order valence-electron chi connectivity index (χ4n) is 1.82. The van der Waals surface area contributed by atoms with Crippen LogP contribution in [0.2, 0.25) is 0 Å². The van der Waals surface area contributed by atoms with E-state index in [0.29, 0.717) is 24.7 Å². The second-order valence-corrected chi connectivity index (χ2v) is 4.46. The van der Waals surface area contributed by atoms with Crippen molar-refractivity contribution in [1.29, 1.82) is 0 Å². The summed E-state index contributed by atoms with van der Waals surface area (Å²) in [6.45, 7) is 6.70. The number of aromatic nitrogens is 2. The van der Waals surface area contributed by atoms with Gasteiger partial charge in [0, 0.05) is 20.1 Å². The molecule has 1 unspecified atom stereocenters. The first-order chi connectivity index (χ1) is 8.11. The number of rotatable bonds is 7. The van der Waals surface area contributed by atoms with Gasteiger partial charge in [0.25, 0.3) is 0 Å². The Morgan fingerprint density at radius 3 is 2.53 bits per heavy atom. The highest BCUT2D eigenvalue weighted by Crippen LogP contribution is 2.29. The molecule has 0 aliphatic heterocycles. The van der Waals surface area contributed by atoms with Gasteiger partial charge in [0.2, 0.25) is 5.89 Å². The molecule has 1 rings (SSSR count). The van der Waals surface area contributed by atoms with E-state index in [9.17, 15) is 0 Å². The standard InChI is InChI=1S/C12H23N3O2/c1-5-12(6-2,8-13)11-14-10(15-17-11)7-9(3)16-4/h9H,5-8,13H2,1-4H3. The zero-order chi connectivity index (χ0) is 12.9. The second-order valence-electron chi connectivity index (χ2n) is 4.46. The minimum absolute atomic E-state index is 0.0935. The van der Waals surface area contributed by atoms with Crippen LogP contribution in [-0.2, 0) is 16.6 Å². The van der Waals surface area contributed by atoms with E-state index in [2.05, 4.69) is 24.0 Å². The maximum Gasteiger partial charge on any atom is 0.234 e. The number of hydrogen-bond acceptors (Lipinski definition) is 5. The summed E-state index contributed by atoms with van der Waals surface area (Å²) in [7, 11) is 1.67. The van der Waals surface area contributed by atoms with Crippen molar-refractivity contribution in [2.75, 3.05) is 13.7 Å². The lowest BCUT2D eigenvalue weighted by Gasteiger charge is -2.24. The van der Waals surface area contributed by atoms with Crippen LogP contribution in [0.15, 0.2) is 4.52 Å². The smallest absolute Gasteiger partial charge is 0.234 e. The van der Waals surface area contributed by atoms with Crippen LogP contribution in [0.3, 0.4) is 0 Å². The zero-order valence-electron chi connectivity index (χ0n) is 11.2. The number of nitrogens with zero attached hydrogens (tertiary/aromatic N) is 2. The Morgan fingerprint density at radius 2 is 2.06 bits per heavy atom. The summed E-state index contributed by atoms with van der Waals surface area (Å²) in [6, 6.07) is 0. The van der Waals surface area contributed by atoms with Crippen molar-refractivity contribution in [1.82, 2.24) is 10.1 Å². The first-order valence-electron chi connectivity index (χ1n) is 6.17. The predicted molar refractivity (Wildman–Crippen MR) is 65.8 cm³/mol. The maximum atomic E-state index is 5.85. The molecule has 0 aliphatic rings. The van der Waals surface area contributed by atoms with Gasteiger partial charge in [-0.2, -0.15) is 4.98 Å². The Labute approximate surface area is 103 Å². The summed E-state index contributed by atoms with van der Waals surface area (Å²) in [5.41, 5.74) is 5.67. The van der Waals surface area contributed by atoms with Crippen LogP contribution < -0.4 is 5.73 Å². The Kier molecular flexibility index (Phi) is 5.08. The van der Waals surface area contributed by atoms with Gasteiger partial charge in [-0.1, -0.05) is 19.0 Å². The number of nitrogens with two attached hydrogens (primary N) is 1. The number of ether oxygens (including phenoxy) is 1. The number of hydrogen-bond donors (Lipinski definition) is 1. The third kappa shape index (κ3) is 3.04. The molecule has 0 amide bonds. The molecule has 1 atom stereocenters. The van der Waals surface area contributed by atoms with Crippen molar-refractivity contribution in [3.63, 3.8) is 0 Å². The van der Waals surface area contributed by atoms with E-state index in [0.717, 1.165) is 12.8 Å². The van der Waals surface area contributed by atoms with Crippen molar-refractivity contribution in [2.24, 2.45) is 5.73 Å². The fourth-order valence-corrected chi connectivity index (χ4v) is 1.82. The summed E-state index contributed by atoms with van der Waals surface area (Å²) >= 11 is 0. The Morgan fingerprint density at radius 1 is 1.41 bits per heavy atom. The molecule has 0 radical (unpaired) electrons. The van der Waals surface area contributed by atoms with Gasteiger partial charge in [-0.15, -0.1) is 0 Å². The first kappa shape index (κ1) is 14.1. The van der Waals surface area contributed by atoms with Gasteiger partial charge >= 0.3 is 0 Å². The van der Waals surface area contributed by atoms with Crippen LogP contribution in [-0.4, -0.2) is 29.9 Å². The van der Waals surface area contributed by atoms with Crippen molar-refractivity contribution in [2.45, 2.75) is 51.6 Å². The van der Waals surface area contributed by atoms with Crippen LogP contribution >= 0.6 is 0 Å². The van der Waals surface area contributed by atoms with Crippen LogP contribution in [0.5, 0.6) is 0 Å². The van der Waals surface area contributed by atoms with Crippen molar-refractivity contribution in [3.8, 4) is 0 Å². The molecule has 2 N–H and O–H groups in total. The third-order valence-electron chi connectivity index (χ3n) is 3.54. The Hall–Kier alpha value is -0.940. The van der Waals surface area contributed by atoms with Crippen LogP contribution in [0.4, 0.5) is 0 Å². The lowest BCUT2D eigenvalue weighted by atomic mass is 9.82. The molecule has 0 saturated heterocycles.